The minimum atomic E-state index is -1.04. The lowest BCUT2D eigenvalue weighted by Crippen LogP contribution is -2.04. The van der Waals surface area contributed by atoms with E-state index in [0.29, 0.717) is 11.0 Å². The van der Waals surface area contributed by atoms with Crippen molar-refractivity contribution in [2.45, 2.75) is 18.5 Å². The molecule has 0 saturated carbocycles. The highest BCUT2D eigenvalue weighted by molar-refractivity contribution is 7.98. The second-order valence-corrected chi connectivity index (χ2v) is 4.93. The van der Waals surface area contributed by atoms with Gasteiger partial charge < -0.3 is 10.1 Å². The Morgan fingerprint density at radius 2 is 2.10 bits per heavy atom. The predicted octanol–water partition coefficient (Wildman–Crippen LogP) is 4.09. The maximum absolute atomic E-state index is 13.6. The molecule has 0 aliphatic carbocycles. The van der Waals surface area contributed by atoms with E-state index in [4.69, 9.17) is 4.74 Å². The van der Waals surface area contributed by atoms with E-state index >= 15 is 0 Å². The maximum Gasteiger partial charge on any atom is 0.225 e. The van der Waals surface area contributed by atoms with Gasteiger partial charge >= 0.3 is 0 Å². The smallest absolute Gasteiger partial charge is 0.225 e. The van der Waals surface area contributed by atoms with Crippen molar-refractivity contribution in [3.8, 4) is 11.6 Å². The highest BCUT2D eigenvalue weighted by Crippen LogP contribution is 2.27. The van der Waals surface area contributed by atoms with E-state index in [1.807, 2.05) is 13.2 Å². The molecule has 1 aromatic heterocycles. The van der Waals surface area contributed by atoms with Gasteiger partial charge in [-0.2, -0.15) is 9.37 Å². The lowest BCUT2D eigenvalue weighted by atomic mass is 10.3. The van der Waals surface area contributed by atoms with E-state index in [1.165, 1.54) is 23.9 Å². The largest absolute Gasteiger partial charge is 0.436 e. The SMILES string of the molecule is CCCNc1cc(Oc2cccc(F)c2F)nc(SC)n1. The lowest BCUT2D eigenvalue weighted by molar-refractivity contribution is 0.402. The van der Waals surface area contributed by atoms with Crippen molar-refractivity contribution < 1.29 is 13.5 Å². The zero-order valence-electron chi connectivity index (χ0n) is 11.7. The maximum atomic E-state index is 13.6. The van der Waals surface area contributed by atoms with Crippen LogP contribution in [0.1, 0.15) is 13.3 Å². The van der Waals surface area contributed by atoms with Crippen LogP contribution in [-0.2, 0) is 0 Å². The summed E-state index contributed by atoms with van der Waals surface area (Å²) in [6, 6.07) is 5.31. The quantitative estimate of drug-likeness (QED) is 0.643. The molecule has 1 N–H and O–H groups in total. The van der Waals surface area contributed by atoms with Gasteiger partial charge in [0.25, 0.3) is 0 Å². The van der Waals surface area contributed by atoms with Crippen molar-refractivity contribution in [3.63, 3.8) is 0 Å². The number of halogens is 2. The van der Waals surface area contributed by atoms with Gasteiger partial charge in [-0.25, -0.2) is 9.37 Å². The van der Waals surface area contributed by atoms with E-state index < -0.39 is 11.6 Å². The Balaban J connectivity index is 2.28. The van der Waals surface area contributed by atoms with Gasteiger partial charge in [-0.15, -0.1) is 0 Å². The van der Waals surface area contributed by atoms with Crippen LogP contribution in [0.2, 0.25) is 0 Å². The molecule has 0 amide bonds. The van der Waals surface area contributed by atoms with Crippen LogP contribution in [0.4, 0.5) is 14.6 Å². The molecule has 0 saturated heterocycles. The minimum absolute atomic E-state index is 0.164. The molecule has 21 heavy (non-hydrogen) atoms. The Kier molecular flexibility index (Phi) is 5.32. The van der Waals surface area contributed by atoms with E-state index in [9.17, 15) is 8.78 Å². The monoisotopic (exact) mass is 311 g/mol. The van der Waals surface area contributed by atoms with Crippen LogP contribution in [0.3, 0.4) is 0 Å². The van der Waals surface area contributed by atoms with Crippen molar-refractivity contribution in [3.05, 3.63) is 35.9 Å². The Bertz CT molecular complexity index is 625. The van der Waals surface area contributed by atoms with E-state index in [-0.39, 0.29) is 11.6 Å². The summed E-state index contributed by atoms with van der Waals surface area (Å²) >= 11 is 1.34. The molecular formula is C14H15F2N3OS. The average Bonchev–Trinajstić information content (AvgIpc) is 2.49. The van der Waals surface area contributed by atoms with Crippen LogP contribution in [0.25, 0.3) is 0 Å². The molecule has 4 nitrogen and oxygen atoms in total. The standard InChI is InChI=1S/C14H15F2N3OS/c1-3-7-17-11-8-12(19-14(18-11)21-2)20-10-6-4-5-9(15)13(10)16/h4-6,8H,3,7H2,1-2H3,(H,17,18,19). The van der Waals surface area contributed by atoms with Crippen molar-refractivity contribution in [2.75, 3.05) is 18.1 Å². The molecule has 1 aromatic carbocycles. The second-order valence-electron chi connectivity index (χ2n) is 4.16. The molecule has 0 bridgehead atoms. The molecule has 0 fully saturated rings. The number of hydrogen-bond donors (Lipinski definition) is 1. The van der Waals surface area contributed by atoms with Crippen LogP contribution < -0.4 is 10.1 Å². The number of thioether (sulfide) groups is 1. The zero-order chi connectivity index (χ0) is 15.2. The Labute approximate surface area is 126 Å². The molecule has 0 atom stereocenters. The molecule has 0 spiro atoms. The van der Waals surface area contributed by atoms with E-state index in [2.05, 4.69) is 15.3 Å². The third kappa shape index (κ3) is 4.04. The highest BCUT2D eigenvalue weighted by Gasteiger charge is 2.12. The number of benzene rings is 1. The van der Waals surface area contributed by atoms with Gasteiger partial charge in [-0.1, -0.05) is 24.8 Å². The van der Waals surface area contributed by atoms with Gasteiger partial charge in [0, 0.05) is 12.6 Å². The number of rotatable bonds is 6. The van der Waals surface area contributed by atoms with Gasteiger partial charge in [-0.05, 0) is 24.8 Å². The third-order valence-corrected chi connectivity index (χ3v) is 3.10. The highest BCUT2D eigenvalue weighted by atomic mass is 32.2. The Morgan fingerprint density at radius 3 is 2.81 bits per heavy atom. The molecule has 1 heterocycles. The van der Waals surface area contributed by atoms with Gasteiger partial charge in [0.05, 0.1) is 0 Å². The van der Waals surface area contributed by atoms with Crippen molar-refractivity contribution in [1.29, 1.82) is 0 Å². The topological polar surface area (TPSA) is 47.0 Å². The van der Waals surface area contributed by atoms with Gasteiger partial charge in [-0.3, -0.25) is 0 Å². The van der Waals surface area contributed by atoms with Crippen LogP contribution in [0.5, 0.6) is 11.6 Å². The first kappa shape index (κ1) is 15.5. The summed E-state index contributed by atoms with van der Waals surface area (Å²) in [5, 5.41) is 3.60. The van der Waals surface area contributed by atoms with Crippen molar-refractivity contribution in [2.24, 2.45) is 0 Å². The van der Waals surface area contributed by atoms with E-state index in [1.54, 1.807) is 6.07 Å². The molecule has 0 radical (unpaired) electrons. The first-order valence-corrected chi connectivity index (χ1v) is 7.65. The van der Waals surface area contributed by atoms with E-state index in [0.717, 1.165) is 19.0 Å². The molecule has 2 rings (SSSR count). The predicted molar refractivity (Wildman–Crippen MR) is 79.0 cm³/mol. The molecular weight excluding hydrogens is 296 g/mol. The first-order valence-electron chi connectivity index (χ1n) is 6.43. The first-order chi connectivity index (χ1) is 10.1. The zero-order valence-corrected chi connectivity index (χ0v) is 12.5. The minimum Gasteiger partial charge on any atom is -0.436 e. The molecule has 0 unspecified atom stereocenters. The van der Waals surface area contributed by atoms with Crippen LogP contribution in [-0.4, -0.2) is 22.8 Å². The number of anilines is 1. The van der Waals surface area contributed by atoms with Gasteiger partial charge in [0.2, 0.25) is 11.7 Å². The van der Waals surface area contributed by atoms with Crippen molar-refractivity contribution >= 4 is 17.6 Å². The fourth-order valence-corrected chi connectivity index (χ4v) is 1.94. The normalized spacial score (nSPS) is 10.5. The summed E-state index contributed by atoms with van der Waals surface area (Å²) in [6.07, 6.45) is 2.76. The fraction of sp³-hybridized carbons (Fsp3) is 0.286. The molecule has 2 aromatic rings. The summed E-state index contributed by atoms with van der Waals surface area (Å²) < 4.78 is 32.1. The number of hydrogen-bond acceptors (Lipinski definition) is 5. The molecule has 112 valence electrons. The number of ether oxygens (including phenoxy) is 1. The summed E-state index contributed by atoms with van der Waals surface area (Å²) in [5.41, 5.74) is 0. The second kappa shape index (κ2) is 7.21. The Morgan fingerprint density at radius 1 is 1.29 bits per heavy atom. The summed E-state index contributed by atoms with van der Waals surface area (Å²) in [4.78, 5) is 8.39. The Hall–Kier alpha value is -1.89. The average molecular weight is 311 g/mol. The summed E-state index contributed by atoms with van der Waals surface area (Å²) in [6.45, 7) is 2.78. The van der Waals surface area contributed by atoms with Crippen LogP contribution >= 0.6 is 11.8 Å². The van der Waals surface area contributed by atoms with Gasteiger partial charge in [0.1, 0.15) is 5.82 Å². The van der Waals surface area contributed by atoms with Crippen molar-refractivity contribution in [1.82, 2.24) is 9.97 Å². The molecule has 0 aliphatic heterocycles. The summed E-state index contributed by atoms with van der Waals surface area (Å²) in [5.74, 6) is -1.46. The van der Waals surface area contributed by atoms with Gasteiger partial charge in [0.15, 0.2) is 16.7 Å². The summed E-state index contributed by atoms with van der Waals surface area (Å²) in [7, 11) is 0. The third-order valence-electron chi connectivity index (χ3n) is 2.55. The van der Waals surface area contributed by atoms with Crippen LogP contribution in [0.15, 0.2) is 29.4 Å². The fourth-order valence-electron chi connectivity index (χ4n) is 1.57. The molecule has 0 aliphatic rings. The lowest BCUT2D eigenvalue weighted by Gasteiger charge is -2.10. The van der Waals surface area contributed by atoms with Crippen LogP contribution in [0, 0.1) is 11.6 Å². The number of nitrogens with zero attached hydrogens (tertiary/aromatic N) is 2. The number of nitrogens with one attached hydrogen (secondary N) is 1. The number of aromatic nitrogens is 2. The molecule has 7 heteroatoms.